The number of benzene rings is 1. The second kappa shape index (κ2) is 4.73. The number of ether oxygens (including phenoxy) is 1. The number of esters is 1. The van der Waals surface area contributed by atoms with Gasteiger partial charge in [-0.2, -0.15) is 0 Å². The van der Waals surface area contributed by atoms with Crippen LogP contribution in [0.25, 0.3) is 0 Å². The Morgan fingerprint density at radius 3 is 3.11 bits per heavy atom. The molecule has 2 aliphatic rings. The quantitative estimate of drug-likeness (QED) is 0.771. The van der Waals surface area contributed by atoms with Crippen LogP contribution in [0, 0.1) is 0 Å². The van der Waals surface area contributed by atoms with Crippen molar-refractivity contribution < 1.29 is 9.53 Å². The van der Waals surface area contributed by atoms with Crippen molar-refractivity contribution in [3.8, 4) is 0 Å². The van der Waals surface area contributed by atoms with Crippen molar-refractivity contribution in [3.05, 3.63) is 34.9 Å². The van der Waals surface area contributed by atoms with Gasteiger partial charge in [0.2, 0.25) is 0 Å². The van der Waals surface area contributed by atoms with Gasteiger partial charge in [0.1, 0.15) is 0 Å². The minimum Gasteiger partial charge on any atom is -0.465 e. The van der Waals surface area contributed by atoms with Crippen LogP contribution < -0.4 is 5.32 Å². The van der Waals surface area contributed by atoms with Crippen LogP contribution in [0.2, 0.25) is 0 Å². The van der Waals surface area contributed by atoms with Gasteiger partial charge in [-0.25, -0.2) is 4.79 Å². The highest BCUT2D eigenvalue weighted by molar-refractivity contribution is 5.91. The Labute approximate surface area is 108 Å². The summed E-state index contributed by atoms with van der Waals surface area (Å²) in [6, 6.07) is 6.66. The molecule has 1 aliphatic heterocycles. The molecule has 0 amide bonds. The highest BCUT2D eigenvalue weighted by atomic mass is 16.5. The van der Waals surface area contributed by atoms with Gasteiger partial charge in [-0.05, 0) is 55.3 Å². The summed E-state index contributed by atoms with van der Waals surface area (Å²) >= 11 is 0. The monoisotopic (exact) mass is 245 g/mol. The van der Waals surface area contributed by atoms with E-state index in [1.165, 1.54) is 31.1 Å². The van der Waals surface area contributed by atoms with Crippen molar-refractivity contribution >= 4 is 5.97 Å². The third-order valence-corrected chi connectivity index (χ3v) is 4.31. The first-order chi connectivity index (χ1) is 8.81. The van der Waals surface area contributed by atoms with Gasteiger partial charge in [0.05, 0.1) is 12.7 Å². The predicted molar refractivity (Wildman–Crippen MR) is 69.9 cm³/mol. The Morgan fingerprint density at radius 1 is 1.39 bits per heavy atom. The Hall–Kier alpha value is -1.35. The lowest BCUT2D eigenvalue weighted by Gasteiger charge is -2.38. The number of nitrogens with one attached hydrogen (secondary N) is 1. The molecule has 96 valence electrons. The number of carbonyl (C=O) groups excluding carboxylic acids is 1. The molecule has 1 saturated heterocycles. The smallest absolute Gasteiger partial charge is 0.338 e. The Kier molecular flexibility index (Phi) is 3.08. The fraction of sp³-hybridized carbons (Fsp3) is 0.533. The van der Waals surface area contributed by atoms with Crippen LogP contribution in [0.4, 0.5) is 0 Å². The Morgan fingerprint density at radius 2 is 2.28 bits per heavy atom. The van der Waals surface area contributed by atoms with E-state index in [-0.39, 0.29) is 5.97 Å². The number of rotatable bonds is 1. The highest BCUT2D eigenvalue weighted by Gasteiger charge is 2.33. The first-order valence-electron chi connectivity index (χ1n) is 6.74. The van der Waals surface area contributed by atoms with Gasteiger partial charge in [-0.1, -0.05) is 12.1 Å². The van der Waals surface area contributed by atoms with Crippen LogP contribution in [-0.2, 0) is 11.2 Å². The van der Waals surface area contributed by atoms with Crippen LogP contribution >= 0.6 is 0 Å². The maximum atomic E-state index is 11.8. The SMILES string of the molecule is COC(=O)c1cccc2c1CCC1NCCCC21. The lowest BCUT2D eigenvalue weighted by atomic mass is 9.74. The molecule has 3 heteroatoms. The van der Waals surface area contributed by atoms with Crippen LogP contribution in [0.15, 0.2) is 18.2 Å². The predicted octanol–water partition coefficient (Wildman–Crippen LogP) is 2.25. The van der Waals surface area contributed by atoms with Gasteiger partial charge in [0.25, 0.3) is 0 Å². The van der Waals surface area contributed by atoms with E-state index < -0.39 is 0 Å². The molecule has 1 aliphatic carbocycles. The lowest BCUT2D eigenvalue weighted by molar-refractivity contribution is 0.0598. The number of hydrogen-bond donors (Lipinski definition) is 1. The second-order valence-electron chi connectivity index (χ2n) is 5.21. The zero-order valence-corrected chi connectivity index (χ0v) is 10.7. The van der Waals surface area contributed by atoms with Crippen LogP contribution in [-0.4, -0.2) is 25.7 Å². The molecule has 0 saturated carbocycles. The van der Waals surface area contributed by atoms with Gasteiger partial charge in [0.15, 0.2) is 0 Å². The third-order valence-electron chi connectivity index (χ3n) is 4.31. The number of hydrogen-bond acceptors (Lipinski definition) is 3. The molecule has 0 radical (unpaired) electrons. The molecule has 0 spiro atoms. The van der Waals surface area contributed by atoms with Gasteiger partial charge in [0, 0.05) is 6.04 Å². The molecule has 3 nitrogen and oxygen atoms in total. The first kappa shape index (κ1) is 11.7. The summed E-state index contributed by atoms with van der Waals surface area (Å²) in [6.45, 7) is 1.13. The Bertz CT molecular complexity index is 470. The van der Waals surface area contributed by atoms with Crippen LogP contribution in [0.3, 0.4) is 0 Å². The van der Waals surface area contributed by atoms with Crippen molar-refractivity contribution in [1.82, 2.24) is 5.32 Å². The third kappa shape index (κ3) is 1.83. The maximum Gasteiger partial charge on any atom is 0.338 e. The van der Waals surface area contributed by atoms with Crippen molar-refractivity contribution in [1.29, 1.82) is 0 Å². The van der Waals surface area contributed by atoms with Gasteiger partial charge in [-0.3, -0.25) is 0 Å². The topological polar surface area (TPSA) is 38.3 Å². The van der Waals surface area contributed by atoms with Crippen molar-refractivity contribution in [2.75, 3.05) is 13.7 Å². The van der Waals surface area contributed by atoms with E-state index in [0.717, 1.165) is 24.9 Å². The molecule has 1 aromatic carbocycles. The van der Waals surface area contributed by atoms with Crippen molar-refractivity contribution in [2.24, 2.45) is 0 Å². The number of fused-ring (bicyclic) bond motifs is 3. The van der Waals surface area contributed by atoms with Gasteiger partial charge >= 0.3 is 5.97 Å². The zero-order chi connectivity index (χ0) is 12.5. The van der Waals surface area contributed by atoms with Gasteiger partial charge < -0.3 is 10.1 Å². The van der Waals surface area contributed by atoms with E-state index in [4.69, 9.17) is 4.74 Å². The van der Waals surface area contributed by atoms with Gasteiger partial charge in [-0.15, -0.1) is 0 Å². The van der Waals surface area contributed by atoms with E-state index in [1.807, 2.05) is 12.1 Å². The molecule has 1 N–H and O–H groups in total. The minimum absolute atomic E-state index is 0.200. The van der Waals surface area contributed by atoms with E-state index in [1.54, 1.807) is 0 Å². The van der Waals surface area contributed by atoms with E-state index in [2.05, 4.69) is 11.4 Å². The molecule has 1 heterocycles. The van der Waals surface area contributed by atoms with Crippen molar-refractivity contribution in [2.45, 2.75) is 37.6 Å². The molecule has 3 rings (SSSR count). The fourth-order valence-corrected chi connectivity index (χ4v) is 3.46. The summed E-state index contributed by atoms with van der Waals surface area (Å²) in [7, 11) is 1.45. The molecular formula is C15H19NO2. The molecule has 1 aromatic rings. The van der Waals surface area contributed by atoms with E-state index >= 15 is 0 Å². The normalized spacial score (nSPS) is 26.1. The molecule has 0 aromatic heterocycles. The molecule has 2 unspecified atom stereocenters. The molecular weight excluding hydrogens is 226 g/mol. The maximum absolute atomic E-state index is 11.8. The summed E-state index contributed by atoms with van der Waals surface area (Å²) in [4.78, 5) is 11.8. The van der Waals surface area contributed by atoms with E-state index in [0.29, 0.717) is 12.0 Å². The Balaban J connectivity index is 2.02. The summed E-state index contributed by atoms with van der Waals surface area (Å²) in [6.07, 6.45) is 4.57. The highest BCUT2D eigenvalue weighted by Crippen LogP contribution is 2.38. The van der Waals surface area contributed by atoms with Crippen LogP contribution in [0.1, 0.15) is 46.7 Å². The first-order valence-corrected chi connectivity index (χ1v) is 6.74. The molecule has 0 bridgehead atoms. The summed E-state index contributed by atoms with van der Waals surface area (Å²) < 4.78 is 4.88. The molecule has 1 fully saturated rings. The van der Waals surface area contributed by atoms with E-state index in [9.17, 15) is 4.79 Å². The summed E-state index contributed by atoms with van der Waals surface area (Å²) in [5, 5.41) is 3.61. The average Bonchev–Trinajstić information content (AvgIpc) is 2.45. The summed E-state index contributed by atoms with van der Waals surface area (Å²) in [5.74, 6) is 0.376. The zero-order valence-electron chi connectivity index (χ0n) is 10.7. The standard InChI is InChI=1S/C15H19NO2/c1-18-15(17)13-5-2-4-10-11(13)7-8-14-12(10)6-3-9-16-14/h2,4-5,12,14,16H,3,6-9H2,1H3. The number of carbonyl (C=O) groups is 1. The van der Waals surface area contributed by atoms with Crippen molar-refractivity contribution in [3.63, 3.8) is 0 Å². The fourth-order valence-electron chi connectivity index (χ4n) is 3.46. The second-order valence-corrected chi connectivity index (χ2v) is 5.21. The number of methoxy groups -OCH3 is 1. The lowest BCUT2D eigenvalue weighted by Crippen LogP contribution is -2.43. The minimum atomic E-state index is -0.200. The molecule has 18 heavy (non-hydrogen) atoms. The average molecular weight is 245 g/mol. The molecule has 2 atom stereocenters. The number of piperidine rings is 1. The summed E-state index contributed by atoms with van der Waals surface area (Å²) in [5.41, 5.74) is 3.34. The van der Waals surface area contributed by atoms with Crippen LogP contribution in [0.5, 0.6) is 0 Å². The largest absolute Gasteiger partial charge is 0.465 e.